The third kappa shape index (κ3) is 3.19. The second kappa shape index (κ2) is 6.81. The Bertz CT molecular complexity index is 666. The van der Waals surface area contributed by atoms with Gasteiger partial charge in [0.05, 0.1) is 21.8 Å². The first-order chi connectivity index (χ1) is 10.7. The van der Waals surface area contributed by atoms with Crippen LogP contribution in [0.4, 0.5) is 4.79 Å². The zero-order valence-electron chi connectivity index (χ0n) is 11.6. The summed E-state index contributed by atoms with van der Waals surface area (Å²) in [6.45, 7) is 1.41. The number of rotatable bonds is 2. The highest BCUT2D eigenvalue weighted by atomic mass is 35.5. The highest BCUT2D eigenvalue weighted by molar-refractivity contribution is 6.99. The number of aromatic nitrogens is 2. The maximum Gasteiger partial charge on any atom is 0.416 e. The lowest BCUT2D eigenvalue weighted by Gasteiger charge is -2.25. The van der Waals surface area contributed by atoms with Crippen LogP contribution in [-0.2, 0) is 0 Å². The predicted octanol–water partition coefficient (Wildman–Crippen LogP) is 4.50. The zero-order valence-corrected chi connectivity index (χ0v) is 13.9. The van der Waals surface area contributed by atoms with E-state index >= 15 is 0 Å². The van der Waals surface area contributed by atoms with Gasteiger partial charge in [0, 0.05) is 18.7 Å². The van der Waals surface area contributed by atoms with Crippen LogP contribution in [-0.4, -0.2) is 32.8 Å². The average Bonchev–Trinajstić information content (AvgIpc) is 2.96. The lowest BCUT2D eigenvalue weighted by Crippen LogP contribution is -2.37. The molecule has 0 radical (unpaired) electrons. The number of halogens is 2. The van der Waals surface area contributed by atoms with Crippen molar-refractivity contribution in [3.8, 4) is 17.1 Å². The Labute approximate surface area is 142 Å². The van der Waals surface area contributed by atoms with E-state index in [0.717, 1.165) is 31.0 Å². The molecule has 1 aromatic heterocycles. The quantitative estimate of drug-likeness (QED) is 0.793. The molecule has 2 aromatic rings. The van der Waals surface area contributed by atoms with Gasteiger partial charge in [0.25, 0.3) is 5.88 Å². The maximum atomic E-state index is 12.2. The van der Waals surface area contributed by atoms with Crippen molar-refractivity contribution < 1.29 is 9.53 Å². The Morgan fingerprint density at radius 3 is 2.50 bits per heavy atom. The van der Waals surface area contributed by atoms with Gasteiger partial charge in [-0.2, -0.15) is 4.37 Å². The average molecular weight is 358 g/mol. The smallest absolute Gasteiger partial charge is 0.388 e. The third-order valence-electron chi connectivity index (χ3n) is 3.46. The summed E-state index contributed by atoms with van der Waals surface area (Å²) in [5.41, 5.74) is 0.923. The first kappa shape index (κ1) is 15.5. The summed E-state index contributed by atoms with van der Waals surface area (Å²) in [4.78, 5) is 13.9. The van der Waals surface area contributed by atoms with Gasteiger partial charge in [-0.3, -0.25) is 0 Å². The monoisotopic (exact) mass is 357 g/mol. The van der Waals surface area contributed by atoms with Gasteiger partial charge < -0.3 is 9.64 Å². The largest absolute Gasteiger partial charge is 0.416 e. The molecule has 1 aliphatic heterocycles. The number of amides is 1. The van der Waals surface area contributed by atoms with Crippen molar-refractivity contribution in [1.82, 2.24) is 13.6 Å². The summed E-state index contributed by atoms with van der Waals surface area (Å²) in [6, 6.07) is 5.16. The molecule has 2 heterocycles. The van der Waals surface area contributed by atoms with Gasteiger partial charge in [0.15, 0.2) is 5.69 Å². The van der Waals surface area contributed by atoms with Gasteiger partial charge in [-0.05, 0) is 31.4 Å². The number of piperidine rings is 1. The van der Waals surface area contributed by atoms with E-state index in [0.29, 0.717) is 34.4 Å². The van der Waals surface area contributed by atoms with Gasteiger partial charge in [0.2, 0.25) is 0 Å². The van der Waals surface area contributed by atoms with Gasteiger partial charge in [-0.15, -0.1) is 4.37 Å². The molecule has 1 saturated heterocycles. The number of hydrogen-bond donors (Lipinski definition) is 0. The van der Waals surface area contributed by atoms with E-state index in [9.17, 15) is 4.79 Å². The van der Waals surface area contributed by atoms with Crippen LogP contribution in [0.5, 0.6) is 5.88 Å². The number of hydrogen-bond acceptors (Lipinski definition) is 5. The van der Waals surface area contributed by atoms with Crippen LogP contribution in [0.2, 0.25) is 10.0 Å². The van der Waals surface area contributed by atoms with Crippen molar-refractivity contribution in [3.05, 3.63) is 28.2 Å². The van der Waals surface area contributed by atoms with Crippen LogP contribution < -0.4 is 4.74 Å². The topological polar surface area (TPSA) is 55.3 Å². The van der Waals surface area contributed by atoms with Crippen LogP contribution in [0.1, 0.15) is 19.3 Å². The maximum absolute atomic E-state index is 12.2. The Morgan fingerprint density at radius 1 is 1.14 bits per heavy atom. The molecule has 1 fully saturated rings. The molecule has 0 N–H and O–H groups in total. The fraction of sp³-hybridized carbons (Fsp3) is 0.357. The van der Waals surface area contributed by atoms with E-state index in [1.807, 2.05) is 0 Å². The number of likely N-dealkylation sites (tertiary alicyclic amines) is 1. The molecule has 0 spiro atoms. The van der Waals surface area contributed by atoms with Crippen molar-refractivity contribution in [2.75, 3.05) is 13.1 Å². The fourth-order valence-electron chi connectivity index (χ4n) is 2.35. The van der Waals surface area contributed by atoms with Crippen molar-refractivity contribution in [3.63, 3.8) is 0 Å². The minimum Gasteiger partial charge on any atom is -0.388 e. The molecule has 0 saturated carbocycles. The van der Waals surface area contributed by atoms with E-state index < -0.39 is 6.09 Å². The normalized spacial score (nSPS) is 14.9. The molecule has 1 amide bonds. The van der Waals surface area contributed by atoms with Gasteiger partial charge in [-0.1, -0.05) is 29.3 Å². The van der Waals surface area contributed by atoms with Crippen LogP contribution in [0, 0.1) is 0 Å². The van der Waals surface area contributed by atoms with Crippen molar-refractivity contribution in [2.24, 2.45) is 0 Å². The number of nitrogens with zero attached hydrogens (tertiary/aromatic N) is 3. The number of carbonyl (C=O) groups excluding carboxylic acids is 1. The molecule has 116 valence electrons. The van der Waals surface area contributed by atoms with E-state index in [1.165, 1.54) is 0 Å². The molecule has 0 atom stereocenters. The van der Waals surface area contributed by atoms with Crippen LogP contribution in [0.15, 0.2) is 18.2 Å². The molecular weight excluding hydrogens is 345 g/mol. The Hall–Kier alpha value is -1.37. The van der Waals surface area contributed by atoms with Crippen molar-refractivity contribution >= 4 is 41.0 Å². The second-order valence-electron chi connectivity index (χ2n) is 4.93. The molecular formula is C14H13Cl2N3O2S. The van der Waals surface area contributed by atoms with Crippen LogP contribution in [0.3, 0.4) is 0 Å². The summed E-state index contributed by atoms with van der Waals surface area (Å²) in [6.07, 6.45) is 2.72. The van der Waals surface area contributed by atoms with Gasteiger partial charge >= 0.3 is 6.09 Å². The minimum atomic E-state index is -0.406. The molecule has 1 aliphatic rings. The van der Waals surface area contributed by atoms with E-state index in [1.54, 1.807) is 23.1 Å². The molecule has 0 aliphatic carbocycles. The summed E-state index contributed by atoms with van der Waals surface area (Å²) < 4.78 is 13.6. The first-order valence-corrected chi connectivity index (χ1v) is 8.39. The van der Waals surface area contributed by atoms with Crippen LogP contribution in [0.25, 0.3) is 11.3 Å². The zero-order chi connectivity index (χ0) is 15.5. The minimum absolute atomic E-state index is 0.149. The Kier molecular flexibility index (Phi) is 4.81. The molecule has 3 rings (SSSR count). The fourth-order valence-corrected chi connectivity index (χ4v) is 3.41. The van der Waals surface area contributed by atoms with Crippen LogP contribution >= 0.6 is 34.9 Å². The third-order valence-corrected chi connectivity index (χ3v) is 4.60. The molecule has 22 heavy (non-hydrogen) atoms. The summed E-state index contributed by atoms with van der Waals surface area (Å²) >= 11 is 13.3. The van der Waals surface area contributed by atoms with Crippen molar-refractivity contribution in [1.29, 1.82) is 0 Å². The first-order valence-electron chi connectivity index (χ1n) is 6.90. The predicted molar refractivity (Wildman–Crippen MR) is 86.8 cm³/mol. The van der Waals surface area contributed by atoms with Gasteiger partial charge in [0.1, 0.15) is 0 Å². The molecule has 0 unspecified atom stereocenters. The molecule has 1 aromatic carbocycles. The molecule has 0 bridgehead atoms. The van der Waals surface area contributed by atoms with Gasteiger partial charge in [-0.25, -0.2) is 4.79 Å². The SMILES string of the molecule is O=C(Oc1nsnc1-c1c(Cl)cccc1Cl)N1CCCCC1. The van der Waals surface area contributed by atoms with Crippen molar-refractivity contribution in [2.45, 2.75) is 19.3 Å². The Balaban J connectivity index is 1.85. The molecule has 8 heteroatoms. The summed E-state index contributed by atoms with van der Waals surface area (Å²) in [5.74, 6) is 0.149. The highest BCUT2D eigenvalue weighted by Crippen LogP contribution is 2.38. The number of ether oxygens (including phenoxy) is 1. The lowest BCUT2D eigenvalue weighted by molar-refractivity contribution is 0.141. The van der Waals surface area contributed by atoms with E-state index in [2.05, 4.69) is 8.75 Å². The standard InChI is InChI=1S/C14H13Cl2N3O2S/c15-9-5-4-6-10(16)11(9)12-13(18-22-17-12)21-14(20)19-7-2-1-3-8-19/h4-6H,1-3,7-8H2. The number of carbonyl (C=O) groups is 1. The summed E-state index contributed by atoms with van der Waals surface area (Å²) in [5, 5.41) is 0.881. The highest BCUT2D eigenvalue weighted by Gasteiger charge is 2.24. The van der Waals surface area contributed by atoms with E-state index in [-0.39, 0.29) is 5.88 Å². The molecule has 5 nitrogen and oxygen atoms in total. The Morgan fingerprint density at radius 2 is 1.82 bits per heavy atom. The number of benzene rings is 1. The lowest BCUT2D eigenvalue weighted by atomic mass is 10.1. The second-order valence-corrected chi connectivity index (χ2v) is 6.27. The van der Waals surface area contributed by atoms with E-state index in [4.69, 9.17) is 27.9 Å². The summed E-state index contributed by atoms with van der Waals surface area (Å²) in [7, 11) is 0.